The Kier molecular flexibility index (Phi) is 9.19. The molecule has 0 fully saturated rings. The van der Waals surface area contributed by atoms with Crippen molar-refractivity contribution in [3.63, 3.8) is 0 Å². The van der Waals surface area contributed by atoms with Crippen molar-refractivity contribution in [2.45, 2.75) is 70.5 Å². The van der Waals surface area contributed by atoms with Crippen LogP contribution in [0.3, 0.4) is 0 Å². The van der Waals surface area contributed by atoms with Gasteiger partial charge >= 0.3 is 6.18 Å². The number of pyridine rings is 1. The standard InChI is InChI=1S/C34H30ClF6N3O2/c1-18(45)26-13-20(6-7-28(26)38)25-5-4-8-42-31(25)21(9-19-10-22(36)14-23(37)11-19)12-24(46)17-44-29-16-33(2,3)15-27(35)30(29)32(43-44)34(39,40)41/h4-8,10-11,13-14,21,27H,9,12,15-17H2,1-3H3/t21-,27?/m1/s1. The number of fused-ring (bicyclic) bond motifs is 1. The lowest BCUT2D eigenvalue weighted by atomic mass is 9.76. The number of aromatic nitrogens is 3. The van der Waals surface area contributed by atoms with Crippen molar-refractivity contribution in [2.24, 2.45) is 5.41 Å². The van der Waals surface area contributed by atoms with Gasteiger partial charge in [0.05, 0.1) is 23.2 Å². The number of carbonyl (C=O) groups is 2. The molecule has 1 aliphatic carbocycles. The number of nitrogens with zero attached hydrogens (tertiary/aromatic N) is 3. The molecule has 0 spiro atoms. The summed E-state index contributed by atoms with van der Waals surface area (Å²) in [6.07, 6.45) is -3.15. The molecule has 242 valence electrons. The third kappa shape index (κ3) is 7.19. The number of hydrogen-bond donors (Lipinski definition) is 0. The Morgan fingerprint density at radius 1 is 1.07 bits per heavy atom. The number of alkyl halides is 4. The fourth-order valence-electron chi connectivity index (χ4n) is 6.21. The number of carbonyl (C=O) groups excluding carboxylic acids is 2. The molecular weight excluding hydrogens is 632 g/mol. The van der Waals surface area contributed by atoms with Gasteiger partial charge in [-0.2, -0.15) is 18.3 Å². The quantitative estimate of drug-likeness (QED) is 0.102. The van der Waals surface area contributed by atoms with E-state index in [0.29, 0.717) is 29.3 Å². The van der Waals surface area contributed by atoms with E-state index in [-0.39, 0.29) is 41.6 Å². The summed E-state index contributed by atoms with van der Waals surface area (Å²) in [7, 11) is 0. The zero-order valence-electron chi connectivity index (χ0n) is 25.2. The molecule has 2 aromatic carbocycles. The second-order valence-corrected chi connectivity index (χ2v) is 13.0. The minimum atomic E-state index is -4.78. The van der Waals surface area contributed by atoms with Gasteiger partial charge in [0, 0.05) is 41.4 Å². The number of halogens is 7. The maximum absolute atomic E-state index is 14.4. The maximum Gasteiger partial charge on any atom is 0.435 e. The molecule has 0 N–H and O–H groups in total. The SMILES string of the molecule is CC(=O)c1cc(-c2cccnc2[C@@H](CC(=O)Cn2nc(C(F)(F)F)c3c2CC(C)(C)CC3Cl)Cc2cc(F)cc(F)c2)ccc1F. The van der Waals surface area contributed by atoms with E-state index in [1.54, 1.807) is 12.1 Å². The predicted octanol–water partition coefficient (Wildman–Crippen LogP) is 8.82. The van der Waals surface area contributed by atoms with Crippen molar-refractivity contribution in [3.05, 3.63) is 106 Å². The first-order chi connectivity index (χ1) is 21.5. The van der Waals surface area contributed by atoms with Crippen LogP contribution in [0.15, 0.2) is 54.7 Å². The van der Waals surface area contributed by atoms with E-state index in [1.165, 1.54) is 25.3 Å². The molecule has 0 radical (unpaired) electrons. The van der Waals surface area contributed by atoms with Gasteiger partial charge in [-0.1, -0.05) is 26.0 Å². The maximum atomic E-state index is 14.4. The Balaban J connectivity index is 1.55. The zero-order valence-corrected chi connectivity index (χ0v) is 25.9. The monoisotopic (exact) mass is 661 g/mol. The normalized spacial score (nSPS) is 16.6. The lowest BCUT2D eigenvalue weighted by Gasteiger charge is -2.33. The van der Waals surface area contributed by atoms with Crippen LogP contribution in [0, 0.1) is 22.9 Å². The van der Waals surface area contributed by atoms with Crippen LogP contribution in [0.2, 0.25) is 0 Å². The van der Waals surface area contributed by atoms with Crippen molar-refractivity contribution < 1.29 is 35.9 Å². The Morgan fingerprint density at radius 3 is 2.41 bits per heavy atom. The van der Waals surface area contributed by atoms with E-state index in [2.05, 4.69) is 10.1 Å². The Morgan fingerprint density at radius 2 is 1.76 bits per heavy atom. The molecule has 0 saturated carbocycles. The molecule has 46 heavy (non-hydrogen) atoms. The molecule has 5 nitrogen and oxygen atoms in total. The highest BCUT2D eigenvalue weighted by Crippen LogP contribution is 2.48. The zero-order chi connectivity index (χ0) is 33.6. The molecular formula is C34H30ClF6N3O2. The van der Waals surface area contributed by atoms with Crippen LogP contribution in [0.4, 0.5) is 26.3 Å². The van der Waals surface area contributed by atoms with Crippen LogP contribution in [0.5, 0.6) is 0 Å². The fraction of sp³-hybridized carbons (Fsp3) is 0.353. The highest BCUT2D eigenvalue weighted by molar-refractivity contribution is 6.21. The molecule has 2 atom stereocenters. The number of rotatable bonds is 9. The van der Waals surface area contributed by atoms with E-state index >= 15 is 0 Å². The van der Waals surface area contributed by atoms with Crippen LogP contribution < -0.4 is 0 Å². The highest BCUT2D eigenvalue weighted by Gasteiger charge is 2.45. The summed E-state index contributed by atoms with van der Waals surface area (Å²) in [6, 6.07) is 10.2. The van der Waals surface area contributed by atoms with Gasteiger partial charge in [-0.05, 0) is 73.1 Å². The highest BCUT2D eigenvalue weighted by atomic mass is 35.5. The van der Waals surface area contributed by atoms with Crippen molar-refractivity contribution in [1.82, 2.24) is 14.8 Å². The van der Waals surface area contributed by atoms with Gasteiger partial charge < -0.3 is 0 Å². The molecule has 4 aromatic rings. The second-order valence-electron chi connectivity index (χ2n) is 12.5. The molecule has 1 aliphatic rings. The van der Waals surface area contributed by atoms with E-state index in [9.17, 15) is 35.9 Å². The summed E-state index contributed by atoms with van der Waals surface area (Å²) in [5, 5.41) is 2.87. The molecule has 5 rings (SSSR count). The first kappa shape index (κ1) is 33.4. The van der Waals surface area contributed by atoms with Crippen molar-refractivity contribution in [2.75, 3.05) is 0 Å². The fourth-order valence-corrected chi connectivity index (χ4v) is 6.86. The van der Waals surface area contributed by atoms with Crippen molar-refractivity contribution in [1.29, 1.82) is 0 Å². The average Bonchev–Trinajstić information content (AvgIpc) is 3.30. The molecule has 0 saturated heterocycles. The number of hydrogen-bond acceptors (Lipinski definition) is 4. The summed E-state index contributed by atoms with van der Waals surface area (Å²) in [4.78, 5) is 30.2. The van der Waals surface area contributed by atoms with Crippen LogP contribution in [0.25, 0.3) is 11.1 Å². The van der Waals surface area contributed by atoms with E-state index in [0.717, 1.165) is 22.9 Å². The Bertz CT molecular complexity index is 1800. The van der Waals surface area contributed by atoms with Gasteiger partial charge in [0.1, 0.15) is 17.5 Å². The summed E-state index contributed by atoms with van der Waals surface area (Å²) < 4.78 is 85.8. The van der Waals surface area contributed by atoms with Crippen LogP contribution in [-0.2, 0) is 30.4 Å². The van der Waals surface area contributed by atoms with Crippen LogP contribution in [0.1, 0.15) is 83.5 Å². The summed E-state index contributed by atoms with van der Waals surface area (Å²) in [6.45, 7) is 4.47. The number of Topliss-reactive ketones (excluding diaryl/α,β-unsaturated/α-hetero) is 2. The lowest BCUT2D eigenvalue weighted by Crippen LogP contribution is -2.27. The summed E-state index contributed by atoms with van der Waals surface area (Å²) in [5.41, 5.74) is -0.200. The third-order valence-corrected chi connectivity index (χ3v) is 8.52. The van der Waals surface area contributed by atoms with Gasteiger partial charge in [-0.15, -0.1) is 11.6 Å². The van der Waals surface area contributed by atoms with Crippen LogP contribution >= 0.6 is 11.6 Å². The average molecular weight is 662 g/mol. The second kappa shape index (κ2) is 12.7. The number of ketones is 2. The van der Waals surface area contributed by atoms with E-state index in [4.69, 9.17) is 11.6 Å². The van der Waals surface area contributed by atoms with Crippen molar-refractivity contribution in [3.8, 4) is 11.1 Å². The number of benzene rings is 2. The van der Waals surface area contributed by atoms with Crippen molar-refractivity contribution >= 4 is 23.2 Å². The minimum Gasteiger partial charge on any atom is -0.298 e. The van der Waals surface area contributed by atoms with Gasteiger partial charge in [0.2, 0.25) is 0 Å². The smallest absolute Gasteiger partial charge is 0.298 e. The van der Waals surface area contributed by atoms with E-state index in [1.807, 2.05) is 13.8 Å². The topological polar surface area (TPSA) is 64.8 Å². The van der Waals surface area contributed by atoms with Gasteiger partial charge in [-0.25, -0.2) is 13.2 Å². The molecule has 0 bridgehead atoms. The molecule has 1 unspecified atom stereocenters. The minimum absolute atomic E-state index is 0.0625. The molecule has 0 aliphatic heterocycles. The third-order valence-electron chi connectivity index (χ3n) is 8.14. The first-order valence-corrected chi connectivity index (χ1v) is 15.0. The first-order valence-electron chi connectivity index (χ1n) is 14.6. The van der Waals surface area contributed by atoms with Gasteiger partial charge in [0.25, 0.3) is 0 Å². The summed E-state index contributed by atoms with van der Waals surface area (Å²) in [5.74, 6) is -4.20. The Labute approximate surface area is 266 Å². The van der Waals surface area contributed by atoms with Gasteiger partial charge in [-0.3, -0.25) is 19.3 Å². The molecule has 0 amide bonds. The predicted molar refractivity (Wildman–Crippen MR) is 160 cm³/mol. The molecule has 2 aromatic heterocycles. The molecule has 12 heteroatoms. The largest absolute Gasteiger partial charge is 0.435 e. The molecule has 2 heterocycles. The lowest BCUT2D eigenvalue weighted by molar-refractivity contribution is -0.142. The van der Waals surface area contributed by atoms with Gasteiger partial charge in [0.15, 0.2) is 17.3 Å². The van der Waals surface area contributed by atoms with E-state index < -0.39 is 64.1 Å². The van der Waals surface area contributed by atoms with Crippen LogP contribution in [-0.4, -0.2) is 26.3 Å². The Hall–Kier alpha value is -3.99. The summed E-state index contributed by atoms with van der Waals surface area (Å²) >= 11 is 6.44.